The Labute approximate surface area is 112 Å². The summed E-state index contributed by atoms with van der Waals surface area (Å²) in [5.41, 5.74) is 1.57. The van der Waals surface area contributed by atoms with Crippen LogP contribution in [0.25, 0.3) is 0 Å². The maximum atomic E-state index is 13.0. The van der Waals surface area contributed by atoms with E-state index in [1.54, 1.807) is 17.4 Å². The number of hydrogen-bond acceptors (Lipinski definition) is 2. The van der Waals surface area contributed by atoms with Crippen molar-refractivity contribution in [1.82, 2.24) is 0 Å². The van der Waals surface area contributed by atoms with Crippen LogP contribution in [0.2, 0.25) is 0 Å². The van der Waals surface area contributed by atoms with Crippen LogP contribution in [0.5, 0.6) is 0 Å². The average Bonchev–Trinajstić information content (AvgIpc) is 2.63. The molecule has 1 unspecified atom stereocenters. The fraction of sp³-hybridized carbons (Fsp3) is 0.231. The highest BCUT2D eigenvalue weighted by Crippen LogP contribution is 2.28. The molecule has 2 aromatic rings. The molecule has 0 saturated heterocycles. The predicted molar refractivity (Wildman–Crippen MR) is 71.8 cm³/mol. The van der Waals surface area contributed by atoms with E-state index in [0.29, 0.717) is 6.42 Å². The quantitative estimate of drug-likeness (QED) is 0.898. The summed E-state index contributed by atoms with van der Waals surface area (Å²) < 4.78 is 14.0. The minimum atomic E-state index is -0.582. The molecule has 0 radical (unpaired) electrons. The van der Waals surface area contributed by atoms with E-state index < -0.39 is 6.10 Å². The van der Waals surface area contributed by atoms with Crippen molar-refractivity contribution in [3.05, 3.63) is 55.9 Å². The van der Waals surface area contributed by atoms with E-state index in [-0.39, 0.29) is 5.82 Å². The Hall–Kier alpha value is -0.710. The fourth-order valence-electron chi connectivity index (χ4n) is 1.77. The smallest absolute Gasteiger partial charge is 0.123 e. The Morgan fingerprint density at radius 2 is 2.12 bits per heavy atom. The number of rotatable bonds is 3. The fourth-order valence-corrected chi connectivity index (χ4v) is 3.29. The number of benzene rings is 1. The number of hydrogen-bond donors (Lipinski definition) is 1. The van der Waals surface area contributed by atoms with Gasteiger partial charge in [-0.05, 0) is 58.2 Å². The predicted octanol–water partition coefficient (Wildman–Crippen LogP) is 4.23. The first kappa shape index (κ1) is 12.7. The Balaban J connectivity index is 2.17. The highest BCUT2D eigenvalue weighted by Gasteiger charge is 2.12. The lowest BCUT2D eigenvalue weighted by Crippen LogP contribution is -2.03. The van der Waals surface area contributed by atoms with Gasteiger partial charge in [0.1, 0.15) is 5.82 Å². The lowest BCUT2D eigenvalue weighted by Gasteiger charge is -2.12. The van der Waals surface area contributed by atoms with Gasteiger partial charge in [0.15, 0.2) is 0 Å². The van der Waals surface area contributed by atoms with Crippen LogP contribution in [0.15, 0.2) is 34.1 Å². The van der Waals surface area contributed by atoms with Crippen molar-refractivity contribution in [2.45, 2.75) is 19.4 Å². The normalized spacial score (nSPS) is 12.7. The van der Waals surface area contributed by atoms with Gasteiger partial charge in [0.25, 0.3) is 0 Å². The van der Waals surface area contributed by atoms with E-state index in [1.165, 1.54) is 12.1 Å². The Bertz CT molecular complexity index is 524. The molecule has 0 saturated carbocycles. The average molecular weight is 315 g/mol. The van der Waals surface area contributed by atoms with Crippen molar-refractivity contribution >= 4 is 27.3 Å². The van der Waals surface area contributed by atoms with E-state index in [2.05, 4.69) is 15.9 Å². The summed E-state index contributed by atoms with van der Waals surface area (Å²) in [6.07, 6.45) is -0.0240. The van der Waals surface area contributed by atoms with Gasteiger partial charge in [0.2, 0.25) is 0 Å². The molecule has 17 heavy (non-hydrogen) atoms. The molecule has 1 N–H and O–H groups in total. The molecule has 1 nitrogen and oxygen atoms in total. The van der Waals surface area contributed by atoms with Crippen molar-refractivity contribution in [3.8, 4) is 0 Å². The van der Waals surface area contributed by atoms with Crippen molar-refractivity contribution in [3.63, 3.8) is 0 Å². The van der Waals surface area contributed by atoms with Crippen LogP contribution in [0.4, 0.5) is 4.39 Å². The molecule has 1 heterocycles. The van der Waals surface area contributed by atoms with Gasteiger partial charge >= 0.3 is 0 Å². The van der Waals surface area contributed by atoms with Gasteiger partial charge in [0.05, 0.1) is 9.89 Å². The van der Waals surface area contributed by atoms with Crippen LogP contribution in [-0.4, -0.2) is 5.11 Å². The molecule has 2 rings (SSSR count). The van der Waals surface area contributed by atoms with E-state index >= 15 is 0 Å². The molecule has 1 aromatic heterocycles. The molecule has 0 amide bonds. The summed E-state index contributed by atoms with van der Waals surface area (Å²) in [5, 5.41) is 10.1. The molecule has 0 fully saturated rings. The first-order valence-corrected chi connectivity index (χ1v) is 6.85. The molecular weight excluding hydrogens is 303 g/mol. The van der Waals surface area contributed by atoms with Gasteiger partial charge in [-0.15, -0.1) is 11.3 Å². The van der Waals surface area contributed by atoms with E-state index in [4.69, 9.17) is 0 Å². The Kier molecular flexibility index (Phi) is 3.97. The lowest BCUT2D eigenvalue weighted by atomic mass is 10.0. The zero-order chi connectivity index (χ0) is 12.4. The van der Waals surface area contributed by atoms with Gasteiger partial charge in [-0.2, -0.15) is 0 Å². The number of aryl methyl sites for hydroxylation is 1. The zero-order valence-corrected chi connectivity index (χ0v) is 11.7. The summed E-state index contributed by atoms with van der Waals surface area (Å²) in [6.45, 7) is 1.81. The monoisotopic (exact) mass is 314 g/mol. The van der Waals surface area contributed by atoms with E-state index in [9.17, 15) is 9.50 Å². The maximum absolute atomic E-state index is 13.0. The number of thiophene rings is 1. The van der Waals surface area contributed by atoms with Crippen LogP contribution in [0.1, 0.15) is 22.1 Å². The van der Waals surface area contributed by atoms with Crippen LogP contribution >= 0.6 is 27.3 Å². The second kappa shape index (κ2) is 5.29. The SMILES string of the molecule is Cc1cc(F)ccc1C(O)Cc1ccc(Br)s1. The van der Waals surface area contributed by atoms with Crippen LogP contribution < -0.4 is 0 Å². The Morgan fingerprint density at radius 3 is 2.71 bits per heavy atom. The van der Waals surface area contributed by atoms with Gasteiger partial charge in [-0.25, -0.2) is 4.39 Å². The van der Waals surface area contributed by atoms with Gasteiger partial charge < -0.3 is 5.11 Å². The van der Waals surface area contributed by atoms with Gasteiger partial charge in [-0.3, -0.25) is 0 Å². The lowest BCUT2D eigenvalue weighted by molar-refractivity contribution is 0.178. The van der Waals surface area contributed by atoms with Crippen LogP contribution in [0, 0.1) is 12.7 Å². The molecule has 0 aliphatic carbocycles. The second-order valence-electron chi connectivity index (χ2n) is 3.93. The van der Waals surface area contributed by atoms with Crippen molar-refractivity contribution in [1.29, 1.82) is 0 Å². The molecular formula is C13H12BrFOS. The minimum Gasteiger partial charge on any atom is -0.388 e. The first-order valence-electron chi connectivity index (χ1n) is 5.24. The molecule has 4 heteroatoms. The van der Waals surface area contributed by atoms with Crippen LogP contribution in [-0.2, 0) is 6.42 Å². The molecule has 0 bridgehead atoms. The Morgan fingerprint density at radius 1 is 1.35 bits per heavy atom. The van der Waals surface area contributed by atoms with E-state index in [0.717, 1.165) is 19.8 Å². The topological polar surface area (TPSA) is 20.2 Å². The summed E-state index contributed by atoms with van der Waals surface area (Å²) in [7, 11) is 0. The molecule has 1 aromatic carbocycles. The summed E-state index contributed by atoms with van der Waals surface area (Å²) in [6, 6.07) is 8.43. The highest BCUT2D eigenvalue weighted by molar-refractivity contribution is 9.11. The first-order chi connectivity index (χ1) is 8.06. The number of halogens is 2. The second-order valence-corrected chi connectivity index (χ2v) is 6.47. The van der Waals surface area contributed by atoms with Gasteiger partial charge in [-0.1, -0.05) is 6.07 Å². The summed E-state index contributed by atoms with van der Waals surface area (Å²) in [5.74, 6) is -0.266. The molecule has 0 aliphatic heterocycles. The number of aliphatic hydroxyl groups excluding tert-OH is 1. The summed E-state index contributed by atoms with van der Waals surface area (Å²) >= 11 is 4.99. The largest absolute Gasteiger partial charge is 0.388 e. The molecule has 1 atom stereocenters. The third-order valence-corrected chi connectivity index (χ3v) is 4.26. The minimum absolute atomic E-state index is 0.266. The molecule has 0 spiro atoms. The summed E-state index contributed by atoms with van der Waals surface area (Å²) in [4.78, 5) is 1.10. The maximum Gasteiger partial charge on any atom is 0.123 e. The van der Waals surface area contributed by atoms with Crippen molar-refractivity contribution in [2.24, 2.45) is 0 Å². The molecule has 0 aliphatic rings. The highest BCUT2D eigenvalue weighted by atomic mass is 79.9. The third-order valence-electron chi connectivity index (χ3n) is 2.61. The van der Waals surface area contributed by atoms with E-state index in [1.807, 2.05) is 19.1 Å². The molecule has 90 valence electrons. The van der Waals surface area contributed by atoms with Gasteiger partial charge in [0, 0.05) is 11.3 Å². The standard InChI is InChI=1S/C13H12BrFOS/c1-8-6-9(15)2-4-11(8)12(16)7-10-3-5-13(14)17-10/h2-6,12,16H,7H2,1H3. The van der Waals surface area contributed by atoms with Crippen LogP contribution in [0.3, 0.4) is 0 Å². The third kappa shape index (κ3) is 3.15. The van der Waals surface area contributed by atoms with Crippen molar-refractivity contribution < 1.29 is 9.50 Å². The van der Waals surface area contributed by atoms with Crippen molar-refractivity contribution in [2.75, 3.05) is 0 Å². The zero-order valence-electron chi connectivity index (χ0n) is 9.28. The number of aliphatic hydroxyl groups is 1.